The third-order valence-corrected chi connectivity index (χ3v) is 7.27. The Bertz CT molecular complexity index is 1490. The number of carbonyl (C=O) groups excluding carboxylic acids is 1. The van der Waals surface area contributed by atoms with Gasteiger partial charge in [0.05, 0.1) is 10.4 Å². The van der Waals surface area contributed by atoms with E-state index < -0.39 is 10.0 Å². The molecule has 1 amide bonds. The number of hydrogen-bond donors (Lipinski definition) is 2. The molecule has 1 aliphatic heterocycles. The van der Waals surface area contributed by atoms with Crippen molar-refractivity contribution >= 4 is 32.8 Å². The number of fused-ring (bicyclic) bond motifs is 2. The molecule has 4 aromatic rings. The highest BCUT2D eigenvalue weighted by atomic mass is 32.2. The van der Waals surface area contributed by atoms with Crippen LogP contribution in [0.1, 0.15) is 21.6 Å². The summed E-state index contributed by atoms with van der Waals surface area (Å²) in [4.78, 5) is 23.9. The number of nitrogen functional groups attached to an aromatic ring is 1. The smallest absolute Gasteiger partial charge is 0.273 e. The van der Waals surface area contributed by atoms with Crippen LogP contribution in [0.5, 0.6) is 0 Å². The minimum atomic E-state index is -3.68. The van der Waals surface area contributed by atoms with Crippen molar-refractivity contribution in [3.05, 3.63) is 83.6 Å². The predicted molar refractivity (Wildman–Crippen MR) is 126 cm³/mol. The van der Waals surface area contributed by atoms with Crippen LogP contribution in [0.4, 0.5) is 5.95 Å². The third kappa shape index (κ3) is 3.71. The molecule has 1 aliphatic rings. The fourth-order valence-corrected chi connectivity index (χ4v) is 5.11. The van der Waals surface area contributed by atoms with Gasteiger partial charge in [-0.2, -0.15) is 0 Å². The van der Waals surface area contributed by atoms with Crippen LogP contribution in [-0.2, 0) is 23.1 Å². The van der Waals surface area contributed by atoms with Crippen molar-refractivity contribution in [2.24, 2.45) is 0 Å². The van der Waals surface area contributed by atoms with Crippen molar-refractivity contribution in [3.8, 4) is 11.1 Å². The molecular weight excluding hydrogens is 438 g/mol. The van der Waals surface area contributed by atoms with E-state index in [-0.39, 0.29) is 22.4 Å². The lowest BCUT2D eigenvalue weighted by atomic mass is 10.0. The van der Waals surface area contributed by atoms with Gasteiger partial charge >= 0.3 is 0 Å². The van der Waals surface area contributed by atoms with Gasteiger partial charge in [-0.15, -0.1) is 0 Å². The van der Waals surface area contributed by atoms with Gasteiger partial charge in [0.2, 0.25) is 16.0 Å². The lowest BCUT2D eigenvalue weighted by Gasteiger charge is -2.17. The zero-order valence-corrected chi connectivity index (χ0v) is 18.6. The van der Waals surface area contributed by atoms with Gasteiger partial charge in [0.25, 0.3) is 5.91 Å². The number of nitrogens with zero attached hydrogens (tertiary/aromatic N) is 3. The van der Waals surface area contributed by atoms with Crippen molar-refractivity contribution in [2.45, 2.75) is 18.0 Å². The topological polar surface area (TPSA) is 118 Å². The summed E-state index contributed by atoms with van der Waals surface area (Å²) in [5, 5.41) is 0.513. The highest BCUT2D eigenvalue weighted by Gasteiger charge is 2.27. The highest BCUT2D eigenvalue weighted by molar-refractivity contribution is 7.89. The molecule has 166 valence electrons. The van der Waals surface area contributed by atoms with Crippen LogP contribution in [-0.4, -0.2) is 36.2 Å². The molecule has 3 aromatic carbocycles. The molecule has 1 aromatic heterocycles. The van der Waals surface area contributed by atoms with Crippen molar-refractivity contribution in [3.63, 3.8) is 0 Å². The van der Waals surface area contributed by atoms with Gasteiger partial charge in [-0.25, -0.2) is 23.1 Å². The maximum atomic E-state index is 13.5. The van der Waals surface area contributed by atoms with E-state index in [0.717, 1.165) is 11.1 Å². The quantitative estimate of drug-likeness (QED) is 0.484. The number of sulfonamides is 1. The van der Waals surface area contributed by atoms with Gasteiger partial charge in [0, 0.05) is 24.0 Å². The normalized spacial score (nSPS) is 13.3. The number of carbonyl (C=O) groups is 1. The van der Waals surface area contributed by atoms with Crippen molar-refractivity contribution in [1.29, 1.82) is 0 Å². The molecule has 2 heterocycles. The van der Waals surface area contributed by atoms with E-state index in [4.69, 9.17) is 5.73 Å². The fourth-order valence-electron chi connectivity index (χ4n) is 4.15. The van der Waals surface area contributed by atoms with Crippen LogP contribution < -0.4 is 10.5 Å². The van der Waals surface area contributed by atoms with Gasteiger partial charge in [-0.05, 0) is 41.9 Å². The van der Waals surface area contributed by atoms with E-state index in [1.807, 2.05) is 24.3 Å². The van der Waals surface area contributed by atoms with Crippen LogP contribution in [0.2, 0.25) is 0 Å². The summed E-state index contributed by atoms with van der Waals surface area (Å²) in [5.74, 6) is -0.243. The summed E-state index contributed by atoms with van der Waals surface area (Å²) in [6.45, 7) is 0.979. The number of nitrogens with two attached hydrogens (primary N) is 1. The molecule has 0 saturated carbocycles. The number of aromatic nitrogens is 2. The molecule has 0 radical (unpaired) electrons. The van der Waals surface area contributed by atoms with Crippen LogP contribution in [0.15, 0.2) is 71.6 Å². The number of nitrogens with one attached hydrogen (secondary N) is 1. The van der Waals surface area contributed by atoms with Gasteiger partial charge in [0.15, 0.2) is 0 Å². The van der Waals surface area contributed by atoms with Gasteiger partial charge < -0.3 is 10.6 Å². The molecule has 0 unspecified atom stereocenters. The monoisotopic (exact) mass is 459 g/mol. The molecular formula is C24H21N5O3S. The molecule has 8 nitrogen and oxygen atoms in total. The summed E-state index contributed by atoms with van der Waals surface area (Å²) >= 11 is 0. The third-order valence-electron chi connectivity index (χ3n) is 5.80. The van der Waals surface area contributed by atoms with E-state index in [2.05, 4.69) is 14.7 Å². The number of hydrogen-bond acceptors (Lipinski definition) is 6. The first-order valence-electron chi connectivity index (χ1n) is 10.3. The molecule has 0 aliphatic carbocycles. The maximum Gasteiger partial charge on any atom is 0.273 e. The molecule has 0 saturated heterocycles. The Morgan fingerprint density at radius 2 is 1.64 bits per heavy atom. The Kier molecular flexibility index (Phi) is 5.07. The fraction of sp³-hybridized carbons (Fsp3) is 0.125. The first-order chi connectivity index (χ1) is 15.9. The Balaban J connectivity index is 1.63. The average molecular weight is 460 g/mol. The molecule has 0 spiro atoms. The first-order valence-corrected chi connectivity index (χ1v) is 11.8. The Hall–Kier alpha value is -3.82. The van der Waals surface area contributed by atoms with Crippen molar-refractivity contribution in [2.75, 3.05) is 12.8 Å². The first kappa shape index (κ1) is 21.0. The molecule has 0 fully saturated rings. The summed E-state index contributed by atoms with van der Waals surface area (Å²) in [5.41, 5.74) is 9.97. The standard InChI is InChI=1S/C24H21N5O3S/c1-26-33(31,32)21-9-5-4-8-18(21)15-10-11-20-19(12-15)22(28-24(25)27-20)23(30)29-13-16-6-2-3-7-17(16)14-29/h2-12,26H,13-14H2,1H3,(H2,25,27,28). The molecule has 0 bridgehead atoms. The summed E-state index contributed by atoms with van der Waals surface area (Å²) in [7, 11) is -2.31. The minimum absolute atomic E-state index is 0.00784. The number of rotatable bonds is 4. The minimum Gasteiger partial charge on any atom is -0.368 e. The SMILES string of the molecule is CNS(=O)(=O)c1ccccc1-c1ccc2nc(N)nc(C(=O)N3Cc4ccccc4C3)c2c1. The zero-order chi connectivity index (χ0) is 23.2. The second kappa shape index (κ2) is 7.95. The number of benzene rings is 3. The van der Waals surface area contributed by atoms with E-state index in [9.17, 15) is 13.2 Å². The lowest BCUT2D eigenvalue weighted by molar-refractivity contribution is 0.0747. The number of anilines is 1. The zero-order valence-electron chi connectivity index (χ0n) is 17.8. The summed E-state index contributed by atoms with van der Waals surface area (Å²) in [6, 6.07) is 19.8. The van der Waals surface area contributed by atoms with Crippen molar-refractivity contribution in [1.82, 2.24) is 19.6 Å². The van der Waals surface area contributed by atoms with Crippen molar-refractivity contribution < 1.29 is 13.2 Å². The summed E-state index contributed by atoms with van der Waals surface area (Å²) in [6.07, 6.45) is 0. The average Bonchev–Trinajstić information content (AvgIpc) is 3.27. The highest BCUT2D eigenvalue weighted by Crippen LogP contribution is 2.32. The van der Waals surface area contributed by atoms with Gasteiger partial charge in [0.1, 0.15) is 5.69 Å². The second-order valence-corrected chi connectivity index (χ2v) is 9.65. The van der Waals surface area contributed by atoms with E-state index in [1.54, 1.807) is 47.4 Å². The van der Waals surface area contributed by atoms with Gasteiger partial charge in [-0.3, -0.25) is 4.79 Å². The predicted octanol–water partition coefficient (Wildman–Crippen LogP) is 2.94. The Morgan fingerprint density at radius 3 is 2.33 bits per heavy atom. The van der Waals surface area contributed by atoms with E-state index in [1.165, 1.54) is 7.05 Å². The number of amides is 1. The largest absolute Gasteiger partial charge is 0.368 e. The summed E-state index contributed by atoms with van der Waals surface area (Å²) < 4.78 is 27.5. The molecule has 0 atom stereocenters. The van der Waals surface area contributed by atoms with Crippen LogP contribution in [0, 0.1) is 0 Å². The maximum absolute atomic E-state index is 13.5. The Morgan fingerprint density at radius 1 is 0.970 bits per heavy atom. The van der Waals surface area contributed by atoms with E-state index >= 15 is 0 Å². The molecule has 3 N–H and O–H groups in total. The lowest BCUT2D eigenvalue weighted by Crippen LogP contribution is -2.27. The van der Waals surface area contributed by atoms with Crippen LogP contribution >= 0.6 is 0 Å². The van der Waals surface area contributed by atoms with Gasteiger partial charge in [-0.1, -0.05) is 48.5 Å². The molecule has 33 heavy (non-hydrogen) atoms. The van der Waals surface area contributed by atoms with Crippen LogP contribution in [0.25, 0.3) is 22.0 Å². The van der Waals surface area contributed by atoms with Crippen LogP contribution in [0.3, 0.4) is 0 Å². The second-order valence-electron chi connectivity index (χ2n) is 7.80. The van der Waals surface area contributed by atoms with E-state index in [0.29, 0.717) is 35.1 Å². The Labute approximate surface area is 191 Å². The molecule has 9 heteroatoms. The molecule has 5 rings (SSSR count).